The zero-order valence-corrected chi connectivity index (χ0v) is 38.4. The number of rotatable bonds is 44. The fourth-order valence-electron chi connectivity index (χ4n) is 6.60. The Morgan fingerprint density at radius 1 is 0.544 bits per heavy atom. The van der Waals surface area contributed by atoms with Crippen LogP contribution in [0.1, 0.15) is 219 Å². The molecule has 10 heteroatoms. The maximum atomic E-state index is 12.7. The molecule has 0 amide bonds. The van der Waals surface area contributed by atoms with Crippen molar-refractivity contribution < 1.29 is 37.6 Å². The number of likely N-dealkylation sites (N-methyl/N-ethyl adjacent to an activating group) is 1. The number of carbonyl (C=O) groups is 2. The molecule has 0 aliphatic rings. The van der Waals surface area contributed by atoms with Crippen LogP contribution in [0, 0.1) is 0 Å². The van der Waals surface area contributed by atoms with Gasteiger partial charge in [0.15, 0.2) is 6.10 Å². The van der Waals surface area contributed by atoms with Crippen LogP contribution in [-0.2, 0) is 32.7 Å². The Morgan fingerprint density at radius 3 is 1.42 bits per heavy atom. The molecule has 0 aliphatic heterocycles. The van der Waals surface area contributed by atoms with Crippen LogP contribution < -0.4 is 0 Å². The number of ether oxygens (including phenoxy) is 2. The van der Waals surface area contributed by atoms with E-state index in [-0.39, 0.29) is 32.0 Å². The fraction of sp³-hybridized carbons (Fsp3) is 0.872. The minimum absolute atomic E-state index is 0.00891. The Kier molecular flexibility index (Phi) is 41.5. The van der Waals surface area contributed by atoms with E-state index in [2.05, 4.69) is 38.2 Å². The predicted octanol–water partition coefficient (Wildman–Crippen LogP) is 13.8. The second-order valence-corrected chi connectivity index (χ2v) is 17.7. The number of hydrogen-bond donors (Lipinski definition) is 1. The van der Waals surface area contributed by atoms with Gasteiger partial charge in [-0.15, -0.1) is 0 Å². The van der Waals surface area contributed by atoms with E-state index in [0.717, 1.165) is 38.5 Å². The zero-order valence-electron chi connectivity index (χ0n) is 37.5. The molecule has 0 saturated carbocycles. The lowest BCUT2D eigenvalue weighted by Gasteiger charge is -2.20. The highest BCUT2D eigenvalue weighted by atomic mass is 31.2. The van der Waals surface area contributed by atoms with Crippen molar-refractivity contribution in [2.45, 2.75) is 225 Å². The van der Waals surface area contributed by atoms with Gasteiger partial charge in [-0.2, -0.15) is 0 Å². The van der Waals surface area contributed by atoms with E-state index < -0.39 is 26.5 Å². The molecule has 0 aliphatic carbocycles. The summed E-state index contributed by atoms with van der Waals surface area (Å²) in [5, 5.41) is 0. The van der Waals surface area contributed by atoms with Gasteiger partial charge in [0.1, 0.15) is 6.61 Å². The highest BCUT2D eigenvalue weighted by Crippen LogP contribution is 2.43. The molecular formula is C47H90NO8P. The maximum Gasteiger partial charge on any atom is 0.472 e. The predicted molar refractivity (Wildman–Crippen MR) is 238 cm³/mol. The fourth-order valence-corrected chi connectivity index (χ4v) is 7.34. The van der Waals surface area contributed by atoms with Crippen molar-refractivity contribution in [1.29, 1.82) is 0 Å². The molecule has 2 unspecified atom stereocenters. The Bertz CT molecular complexity index is 1000. The Labute approximate surface area is 351 Å². The summed E-state index contributed by atoms with van der Waals surface area (Å²) in [6.45, 7) is 4.32. The molecule has 0 fully saturated rings. The van der Waals surface area contributed by atoms with Crippen molar-refractivity contribution in [2.75, 3.05) is 40.5 Å². The highest BCUT2D eigenvalue weighted by Gasteiger charge is 2.26. The van der Waals surface area contributed by atoms with Crippen molar-refractivity contribution >= 4 is 19.8 Å². The van der Waals surface area contributed by atoms with E-state index in [1.807, 2.05) is 19.0 Å². The van der Waals surface area contributed by atoms with Gasteiger partial charge in [0.25, 0.3) is 0 Å². The smallest absolute Gasteiger partial charge is 0.462 e. The van der Waals surface area contributed by atoms with E-state index in [1.54, 1.807) is 0 Å². The number of nitrogens with zero attached hydrogens (tertiary/aromatic N) is 1. The first kappa shape index (κ1) is 55.5. The summed E-state index contributed by atoms with van der Waals surface area (Å²) < 4.78 is 33.5. The number of esters is 2. The normalized spacial score (nSPS) is 13.5. The number of unbranched alkanes of at least 4 members (excludes halogenated alkanes) is 26. The molecule has 0 rings (SSSR count). The lowest BCUT2D eigenvalue weighted by Crippen LogP contribution is -2.29. The van der Waals surface area contributed by atoms with Gasteiger partial charge in [0.05, 0.1) is 13.2 Å². The van der Waals surface area contributed by atoms with Crippen LogP contribution in [0.2, 0.25) is 0 Å². The number of allylic oxidation sites excluding steroid dienone is 4. The quantitative estimate of drug-likeness (QED) is 0.0278. The standard InChI is InChI=1S/C47H90NO8P/c1-5-7-9-11-13-15-17-19-21-22-23-24-26-27-29-31-33-35-37-39-46(49)53-43-45(44-55-57(51,52)54-42-41-48(3)4)56-47(50)40-38-36-34-32-30-28-25-20-18-16-14-12-10-8-6-2/h13,15,19,21,45H,5-12,14,16-18,20,22-44H2,1-4H3,(H,51,52)/b15-13-,21-19-. The Morgan fingerprint density at radius 2 is 0.947 bits per heavy atom. The molecule has 0 aromatic rings. The molecule has 0 aromatic heterocycles. The van der Waals surface area contributed by atoms with Crippen molar-refractivity contribution in [3.63, 3.8) is 0 Å². The summed E-state index contributed by atoms with van der Waals surface area (Å²) in [7, 11) is -0.706. The molecule has 2 atom stereocenters. The first-order valence-corrected chi connectivity index (χ1v) is 25.1. The van der Waals surface area contributed by atoms with E-state index in [0.29, 0.717) is 13.0 Å². The zero-order chi connectivity index (χ0) is 41.9. The molecule has 57 heavy (non-hydrogen) atoms. The molecule has 1 N–H and O–H groups in total. The van der Waals surface area contributed by atoms with Gasteiger partial charge < -0.3 is 19.3 Å². The number of hydrogen-bond acceptors (Lipinski definition) is 8. The molecule has 9 nitrogen and oxygen atoms in total. The van der Waals surface area contributed by atoms with Gasteiger partial charge in [0, 0.05) is 19.4 Å². The minimum atomic E-state index is -4.36. The van der Waals surface area contributed by atoms with Gasteiger partial charge in [-0.1, -0.05) is 186 Å². The summed E-state index contributed by atoms with van der Waals surface area (Å²) >= 11 is 0. The van der Waals surface area contributed by atoms with Gasteiger partial charge in [-0.3, -0.25) is 18.6 Å². The second kappa shape index (κ2) is 42.6. The molecule has 0 aromatic carbocycles. The Hall–Kier alpha value is -1.51. The van der Waals surface area contributed by atoms with Crippen molar-refractivity contribution in [3.05, 3.63) is 24.3 Å². The summed E-state index contributed by atoms with van der Waals surface area (Å²) in [4.78, 5) is 37.1. The molecule has 0 spiro atoms. The van der Waals surface area contributed by atoms with E-state index in [4.69, 9.17) is 18.5 Å². The van der Waals surface area contributed by atoms with Gasteiger partial charge in [0.2, 0.25) is 0 Å². The van der Waals surface area contributed by atoms with Crippen LogP contribution >= 0.6 is 7.82 Å². The average Bonchev–Trinajstić information content (AvgIpc) is 3.18. The van der Waals surface area contributed by atoms with Crippen LogP contribution in [0.15, 0.2) is 24.3 Å². The summed E-state index contributed by atoms with van der Waals surface area (Å²) in [5.41, 5.74) is 0. The molecule has 336 valence electrons. The van der Waals surface area contributed by atoms with Crippen molar-refractivity contribution in [3.8, 4) is 0 Å². The number of carbonyl (C=O) groups excluding carboxylic acids is 2. The SMILES string of the molecule is CCCCC/C=C\C/C=C\CCCCCCCCCCCC(=O)OCC(COP(=O)(O)OCCN(C)C)OC(=O)CCCCCCCCCCCCCCCCC. The average molecular weight is 828 g/mol. The van der Waals surface area contributed by atoms with Crippen LogP contribution in [0.3, 0.4) is 0 Å². The second-order valence-electron chi connectivity index (χ2n) is 16.3. The third kappa shape index (κ3) is 43.9. The molecule has 0 bridgehead atoms. The topological polar surface area (TPSA) is 112 Å². The summed E-state index contributed by atoms with van der Waals surface area (Å²) in [5.74, 6) is -0.797. The maximum absolute atomic E-state index is 12.7. The molecule has 0 saturated heterocycles. The van der Waals surface area contributed by atoms with E-state index in [1.165, 1.54) is 148 Å². The largest absolute Gasteiger partial charge is 0.472 e. The van der Waals surface area contributed by atoms with Crippen LogP contribution in [0.4, 0.5) is 0 Å². The monoisotopic (exact) mass is 828 g/mol. The first-order chi connectivity index (χ1) is 27.7. The van der Waals surface area contributed by atoms with Crippen LogP contribution in [-0.4, -0.2) is 68.3 Å². The minimum Gasteiger partial charge on any atom is -0.462 e. The van der Waals surface area contributed by atoms with Crippen LogP contribution in [0.5, 0.6) is 0 Å². The summed E-state index contributed by atoms with van der Waals surface area (Å²) in [6, 6.07) is 0. The lowest BCUT2D eigenvalue weighted by atomic mass is 10.0. The molecule has 0 heterocycles. The van der Waals surface area contributed by atoms with Crippen molar-refractivity contribution in [2.24, 2.45) is 0 Å². The summed E-state index contributed by atoms with van der Waals surface area (Å²) in [6.07, 6.45) is 45.0. The highest BCUT2D eigenvalue weighted by molar-refractivity contribution is 7.47. The van der Waals surface area contributed by atoms with Gasteiger partial charge >= 0.3 is 19.8 Å². The Balaban J connectivity index is 4.21. The van der Waals surface area contributed by atoms with E-state index in [9.17, 15) is 19.0 Å². The lowest BCUT2D eigenvalue weighted by molar-refractivity contribution is -0.161. The van der Waals surface area contributed by atoms with E-state index >= 15 is 0 Å². The number of phosphoric acid groups is 1. The third-order valence-electron chi connectivity index (χ3n) is 10.3. The van der Waals surface area contributed by atoms with Gasteiger partial charge in [-0.25, -0.2) is 4.57 Å². The first-order valence-electron chi connectivity index (χ1n) is 23.6. The molecular weight excluding hydrogens is 737 g/mol. The third-order valence-corrected chi connectivity index (χ3v) is 11.2. The number of phosphoric ester groups is 1. The van der Waals surface area contributed by atoms with Gasteiger partial charge in [-0.05, 0) is 59.0 Å². The van der Waals surface area contributed by atoms with Crippen LogP contribution in [0.25, 0.3) is 0 Å². The van der Waals surface area contributed by atoms with Crippen molar-refractivity contribution in [1.82, 2.24) is 4.90 Å². The molecule has 0 radical (unpaired) electrons.